The first-order valence-corrected chi connectivity index (χ1v) is 9.70. The summed E-state index contributed by atoms with van der Waals surface area (Å²) >= 11 is 0. The predicted molar refractivity (Wildman–Crippen MR) is 106 cm³/mol. The number of aromatic nitrogens is 2. The van der Waals surface area contributed by atoms with E-state index < -0.39 is 6.36 Å². The van der Waals surface area contributed by atoms with Crippen molar-refractivity contribution in [2.75, 3.05) is 0 Å². The van der Waals surface area contributed by atoms with Crippen molar-refractivity contribution in [1.82, 2.24) is 9.78 Å². The first-order valence-electron chi connectivity index (χ1n) is 9.70. The summed E-state index contributed by atoms with van der Waals surface area (Å²) in [4.78, 5) is 0. The molecule has 0 saturated heterocycles. The molecule has 158 valence electrons. The summed E-state index contributed by atoms with van der Waals surface area (Å²) in [5.74, 6) is 0.716. The Labute approximate surface area is 172 Å². The summed E-state index contributed by atoms with van der Waals surface area (Å²) in [6.07, 6.45) is -1.02. The van der Waals surface area contributed by atoms with Crippen LogP contribution in [0.15, 0.2) is 48.7 Å². The van der Waals surface area contributed by atoms with Crippen molar-refractivity contribution < 1.29 is 22.6 Å². The molecule has 0 radical (unpaired) electrons. The lowest BCUT2D eigenvalue weighted by molar-refractivity contribution is -0.274. The van der Waals surface area contributed by atoms with Crippen LogP contribution in [-0.4, -0.2) is 16.1 Å². The maximum Gasteiger partial charge on any atom is 0.573 e. The minimum atomic E-state index is -4.79. The number of halogens is 3. The van der Waals surface area contributed by atoms with Crippen LogP contribution in [0.2, 0.25) is 0 Å². The maximum atomic E-state index is 12.9. The van der Waals surface area contributed by atoms with Gasteiger partial charge >= 0.3 is 6.36 Å². The third-order valence-corrected chi connectivity index (χ3v) is 5.15. The molecule has 2 aromatic carbocycles. The van der Waals surface area contributed by atoms with Crippen LogP contribution in [0.1, 0.15) is 41.1 Å². The average Bonchev–Trinajstić information content (AvgIpc) is 3.45. The molecule has 3 aromatic rings. The number of hydrogen-bond donors (Lipinski definition) is 1. The van der Waals surface area contributed by atoms with E-state index in [4.69, 9.17) is 10.5 Å². The number of nitrogens with two attached hydrogens (primary N) is 1. The Bertz CT molecular complexity index is 1040. The van der Waals surface area contributed by atoms with E-state index in [-0.39, 0.29) is 18.0 Å². The van der Waals surface area contributed by atoms with Gasteiger partial charge in [-0.05, 0) is 61.1 Å². The van der Waals surface area contributed by atoms with Gasteiger partial charge in [0.25, 0.3) is 0 Å². The second kappa shape index (κ2) is 8.02. The SMILES string of the molecule is Cc1cc(OCc2c(C3CC3)cnn2-c2ccccc2OC(F)(F)F)ccc1CN. The van der Waals surface area contributed by atoms with Crippen molar-refractivity contribution in [1.29, 1.82) is 0 Å². The third kappa shape index (κ3) is 4.43. The fourth-order valence-electron chi connectivity index (χ4n) is 3.46. The van der Waals surface area contributed by atoms with E-state index in [2.05, 4.69) is 9.84 Å². The van der Waals surface area contributed by atoms with Gasteiger partial charge in [-0.25, -0.2) is 4.68 Å². The molecule has 5 nitrogen and oxygen atoms in total. The highest BCUT2D eigenvalue weighted by Crippen LogP contribution is 2.43. The van der Waals surface area contributed by atoms with Gasteiger partial charge in [0, 0.05) is 12.1 Å². The monoisotopic (exact) mass is 417 g/mol. The topological polar surface area (TPSA) is 62.3 Å². The highest BCUT2D eigenvalue weighted by Gasteiger charge is 2.34. The van der Waals surface area contributed by atoms with E-state index in [9.17, 15) is 13.2 Å². The molecule has 2 N–H and O–H groups in total. The largest absolute Gasteiger partial charge is 0.573 e. The molecule has 30 heavy (non-hydrogen) atoms. The summed E-state index contributed by atoms with van der Waals surface area (Å²) < 4.78 is 50.3. The number of benzene rings is 2. The van der Waals surface area contributed by atoms with Crippen molar-refractivity contribution in [2.45, 2.75) is 45.2 Å². The Kier molecular flexibility index (Phi) is 5.42. The quantitative estimate of drug-likeness (QED) is 0.588. The molecule has 1 saturated carbocycles. The molecular weight excluding hydrogens is 395 g/mol. The lowest BCUT2D eigenvalue weighted by Crippen LogP contribution is -2.19. The summed E-state index contributed by atoms with van der Waals surface area (Å²) in [6.45, 7) is 2.58. The van der Waals surface area contributed by atoms with Crippen LogP contribution >= 0.6 is 0 Å². The van der Waals surface area contributed by atoms with Gasteiger partial charge in [0.1, 0.15) is 18.0 Å². The van der Waals surface area contributed by atoms with Crippen molar-refractivity contribution in [3.8, 4) is 17.2 Å². The number of alkyl halides is 3. The summed E-state index contributed by atoms with van der Waals surface area (Å²) in [6, 6.07) is 11.6. The van der Waals surface area contributed by atoms with E-state index in [1.165, 1.54) is 16.8 Å². The van der Waals surface area contributed by atoms with Crippen LogP contribution in [0, 0.1) is 6.92 Å². The molecule has 0 spiro atoms. The third-order valence-electron chi connectivity index (χ3n) is 5.15. The predicted octanol–water partition coefficient (Wildman–Crippen LogP) is 4.99. The minimum Gasteiger partial charge on any atom is -0.487 e. The van der Waals surface area contributed by atoms with Gasteiger partial charge in [-0.15, -0.1) is 13.2 Å². The zero-order chi connectivity index (χ0) is 21.3. The van der Waals surface area contributed by atoms with Gasteiger partial charge in [-0.3, -0.25) is 0 Å². The lowest BCUT2D eigenvalue weighted by atomic mass is 10.1. The second-order valence-electron chi connectivity index (χ2n) is 7.33. The van der Waals surface area contributed by atoms with E-state index in [1.807, 2.05) is 25.1 Å². The molecule has 4 rings (SSSR count). The number of hydrogen-bond acceptors (Lipinski definition) is 4. The molecule has 1 aliphatic rings. The molecular formula is C22H22F3N3O2. The first kappa shape index (κ1) is 20.3. The molecule has 0 atom stereocenters. The summed E-state index contributed by atoms with van der Waals surface area (Å²) in [5, 5.41) is 4.37. The molecule has 1 heterocycles. The van der Waals surface area contributed by atoms with Gasteiger partial charge < -0.3 is 15.2 Å². The zero-order valence-corrected chi connectivity index (χ0v) is 16.4. The van der Waals surface area contributed by atoms with Crippen LogP contribution in [-0.2, 0) is 13.2 Å². The van der Waals surface area contributed by atoms with Gasteiger partial charge in [0.05, 0.1) is 11.9 Å². The van der Waals surface area contributed by atoms with E-state index in [1.54, 1.807) is 18.3 Å². The van der Waals surface area contributed by atoms with Crippen LogP contribution in [0.5, 0.6) is 11.5 Å². The highest BCUT2D eigenvalue weighted by molar-refractivity contribution is 5.48. The van der Waals surface area contributed by atoms with Crippen molar-refractivity contribution in [3.05, 3.63) is 71.0 Å². The average molecular weight is 417 g/mol. The number of rotatable bonds is 7. The lowest BCUT2D eigenvalue weighted by Gasteiger charge is -2.16. The normalized spacial score (nSPS) is 14.0. The Morgan fingerprint density at radius 3 is 2.60 bits per heavy atom. The van der Waals surface area contributed by atoms with Crippen LogP contribution in [0.25, 0.3) is 5.69 Å². The molecule has 1 aliphatic carbocycles. The van der Waals surface area contributed by atoms with Crippen LogP contribution < -0.4 is 15.2 Å². The molecule has 1 aromatic heterocycles. The van der Waals surface area contributed by atoms with E-state index in [0.29, 0.717) is 18.2 Å². The van der Waals surface area contributed by atoms with Crippen LogP contribution in [0.3, 0.4) is 0 Å². The Balaban J connectivity index is 1.66. The summed E-state index contributed by atoms with van der Waals surface area (Å²) in [5.41, 5.74) is 9.69. The second-order valence-corrected chi connectivity index (χ2v) is 7.33. The molecule has 1 fully saturated rings. The highest BCUT2D eigenvalue weighted by atomic mass is 19.4. The number of aryl methyl sites for hydroxylation is 1. The fraction of sp³-hybridized carbons (Fsp3) is 0.318. The molecule has 0 amide bonds. The van der Waals surface area contributed by atoms with Gasteiger partial charge in [0.2, 0.25) is 0 Å². The van der Waals surface area contributed by atoms with Gasteiger partial charge in [0.15, 0.2) is 5.75 Å². The van der Waals surface area contributed by atoms with Crippen molar-refractivity contribution >= 4 is 0 Å². The van der Waals surface area contributed by atoms with Gasteiger partial charge in [-0.2, -0.15) is 5.10 Å². The number of nitrogens with zero attached hydrogens (tertiary/aromatic N) is 2. The van der Waals surface area contributed by atoms with E-state index >= 15 is 0 Å². The summed E-state index contributed by atoms with van der Waals surface area (Å²) in [7, 11) is 0. The molecule has 8 heteroatoms. The molecule has 0 bridgehead atoms. The zero-order valence-electron chi connectivity index (χ0n) is 16.4. The van der Waals surface area contributed by atoms with Crippen molar-refractivity contribution in [2.24, 2.45) is 5.73 Å². The maximum absolute atomic E-state index is 12.9. The Morgan fingerprint density at radius 1 is 1.17 bits per heavy atom. The van der Waals surface area contributed by atoms with Gasteiger partial charge in [-0.1, -0.05) is 18.2 Å². The standard InChI is InChI=1S/C22H22F3N3O2/c1-14-10-17(9-8-16(14)11-26)29-13-20-18(15-6-7-15)12-27-28(20)19-4-2-3-5-21(19)30-22(23,24)25/h2-5,8-10,12,15H,6-7,11,13,26H2,1H3. The number of para-hydroxylation sites is 2. The molecule has 0 unspecified atom stereocenters. The smallest absolute Gasteiger partial charge is 0.487 e. The van der Waals surface area contributed by atoms with Crippen molar-refractivity contribution in [3.63, 3.8) is 0 Å². The number of ether oxygens (including phenoxy) is 2. The minimum absolute atomic E-state index is 0.174. The van der Waals surface area contributed by atoms with E-state index in [0.717, 1.165) is 35.2 Å². The Hall–Kier alpha value is -3.00. The fourth-order valence-corrected chi connectivity index (χ4v) is 3.46. The first-order chi connectivity index (χ1) is 14.4. The van der Waals surface area contributed by atoms with Crippen LogP contribution in [0.4, 0.5) is 13.2 Å². The Morgan fingerprint density at radius 2 is 1.93 bits per heavy atom. The molecule has 0 aliphatic heterocycles.